The molecule has 168 valence electrons. The Kier molecular flexibility index (Phi) is 7.45. The highest BCUT2D eigenvalue weighted by molar-refractivity contribution is 6.36. The Morgan fingerprint density at radius 1 is 1.19 bits per heavy atom. The van der Waals surface area contributed by atoms with E-state index in [2.05, 4.69) is 0 Å². The summed E-state index contributed by atoms with van der Waals surface area (Å²) in [6.07, 6.45) is -4.15. The van der Waals surface area contributed by atoms with Gasteiger partial charge >= 0.3 is 17.8 Å². The molecule has 0 saturated carbocycles. The summed E-state index contributed by atoms with van der Waals surface area (Å²) in [6.45, 7) is 1.40. The number of hydrogen-bond donors (Lipinski definition) is 1. The number of carbonyl (C=O) groups is 1. The van der Waals surface area contributed by atoms with Gasteiger partial charge < -0.3 is 14.6 Å². The van der Waals surface area contributed by atoms with E-state index in [-0.39, 0.29) is 51.1 Å². The second-order valence-corrected chi connectivity index (χ2v) is 6.76. The largest absolute Gasteiger partial charge is 0.494 e. The molecule has 0 atom stereocenters. The number of carboxylic acid groups (broad SMARTS) is 1. The first-order chi connectivity index (χ1) is 14.4. The zero-order valence-corrected chi connectivity index (χ0v) is 17.5. The molecule has 2 aromatic rings. The van der Waals surface area contributed by atoms with E-state index in [0.29, 0.717) is 4.57 Å². The molecular weight excluding hydrogens is 468 g/mol. The maximum Gasteiger partial charge on any atom is 0.431 e. The zero-order valence-electron chi connectivity index (χ0n) is 16.0. The fourth-order valence-electron chi connectivity index (χ4n) is 2.52. The van der Waals surface area contributed by atoms with Crippen LogP contribution >= 0.6 is 23.2 Å². The van der Waals surface area contributed by atoms with Gasteiger partial charge in [-0.25, -0.2) is 14.2 Å². The molecule has 8 nitrogen and oxygen atoms in total. The Labute approximate surface area is 182 Å². The van der Waals surface area contributed by atoms with Gasteiger partial charge in [-0.05, 0) is 13.0 Å². The summed E-state index contributed by atoms with van der Waals surface area (Å²) < 4.78 is 50.3. The molecule has 13 heteroatoms. The van der Waals surface area contributed by atoms with Gasteiger partial charge in [0.05, 0.1) is 28.4 Å². The smallest absolute Gasteiger partial charge is 0.431 e. The Morgan fingerprint density at radius 2 is 1.84 bits per heavy atom. The maximum atomic E-state index is 13.0. The van der Waals surface area contributed by atoms with Crippen LogP contribution in [0.5, 0.6) is 5.75 Å². The lowest BCUT2D eigenvalue weighted by molar-refractivity contribution is -0.144. The summed E-state index contributed by atoms with van der Waals surface area (Å²) in [5.74, 6) is -1.45. The number of alkyl halides is 3. The number of hydrogen-bond acceptors (Lipinski definition) is 5. The maximum absolute atomic E-state index is 13.0. The van der Waals surface area contributed by atoms with E-state index in [1.165, 1.54) is 0 Å². The van der Waals surface area contributed by atoms with Crippen molar-refractivity contribution in [2.75, 3.05) is 13.2 Å². The van der Waals surface area contributed by atoms with Crippen molar-refractivity contribution in [2.45, 2.75) is 13.1 Å². The van der Waals surface area contributed by atoms with Gasteiger partial charge in [0.25, 0.3) is 5.56 Å². The van der Waals surface area contributed by atoms with E-state index in [1.54, 1.807) is 6.92 Å². The number of rotatable bonds is 7. The van der Waals surface area contributed by atoms with Crippen molar-refractivity contribution in [2.24, 2.45) is 7.05 Å². The van der Waals surface area contributed by atoms with Crippen molar-refractivity contribution in [3.05, 3.63) is 66.6 Å². The number of benzene rings is 1. The van der Waals surface area contributed by atoms with Crippen LogP contribution in [0.15, 0.2) is 39.6 Å². The number of aromatic nitrogens is 2. The van der Waals surface area contributed by atoms with Crippen LogP contribution in [0.25, 0.3) is 5.69 Å². The van der Waals surface area contributed by atoms with E-state index in [4.69, 9.17) is 37.8 Å². The second-order valence-electron chi connectivity index (χ2n) is 5.95. The molecule has 0 radical (unpaired) electrons. The van der Waals surface area contributed by atoms with Crippen LogP contribution in [0.3, 0.4) is 0 Å². The molecule has 0 spiro atoms. The first-order valence-electron chi connectivity index (χ1n) is 8.45. The highest BCUT2D eigenvalue weighted by Crippen LogP contribution is 2.33. The number of nitrogens with zero attached hydrogens (tertiary/aromatic N) is 2. The van der Waals surface area contributed by atoms with Crippen LogP contribution < -0.4 is 16.0 Å². The lowest BCUT2D eigenvalue weighted by atomic mass is 10.2. The molecule has 0 fully saturated rings. The lowest BCUT2D eigenvalue weighted by Crippen LogP contribution is -2.40. The topological polar surface area (TPSA) is 99.8 Å². The van der Waals surface area contributed by atoms with Gasteiger partial charge in [0.1, 0.15) is 23.8 Å². The van der Waals surface area contributed by atoms with Gasteiger partial charge in [-0.1, -0.05) is 23.2 Å². The molecule has 31 heavy (non-hydrogen) atoms. The third kappa shape index (κ3) is 5.61. The van der Waals surface area contributed by atoms with E-state index in [1.807, 2.05) is 0 Å². The minimum atomic E-state index is -4.92. The third-order valence-electron chi connectivity index (χ3n) is 3.84. The van der Waals surface area contributed by atoms with Gasteiger partial charge in [-0.3, -0.25) is 9.36 Å². The molecule has 1 aromatic carbocycles. The van der Waals surface area contributed by atoms with E-state index < -0.39 is 29.1 Å². The van der Waals surface area contributed by atoms with Gasteiger partial charge in [0.15, 0.2) is 0 Å². The summed E-state index contributed by atoms with van der Waals surface area (Å²) in [7, 11) is 0.855. The van der Waals surface area contributed by atoms with Crippen LogP contribution in [0, 0.1) is 0 Å². The monoisotopic (exact) mass is 482 g/mol. The summed E-state index contributed by atoms with van der Waals surface area (Å²) >= 11 is 12.1. The highest BCUT2D eigenvalue weighted by atomic mass is 35.5. The lowest BCUT2D eigenvalue weighted by Gasteiger charge is -2.16. The minimum Gasteiger partial charge on any atom is -0.494 e. The first-order valence-corrected chi connectivity index (χ1v) is 9.21. The molecule has 1 heterocycles. The fourth-order valence-corrected chi connectivity index (χ4v) is 3.04. The van der Waals surface area contributed by atoms with Gasteiger partial charge in [0.2, 0.25) is 0 Å². The molecule has 0 bridgehead atoms. The third-order valence-corrected chi connectivity index (χ3v) is 4.44. The Hall–Kier alpha value is -2.92. The first kappa shape index (κ1) is 24.4. The van der Waals surface area contributed by atoms with E-state index >= 15 is 0 Å². The minimum absolute atomic E-state index is 0.0508. The van der Waals surface area contributed by atoms with Crippen LogP contribution in [-0.4, -0.2) is 33.4 Å². The van der Waals surface area contributed by atoms with Gasteiger partial charge in [-0.15, -0.1) is 0 Å². The van der Waals surface area contributed by atoms with Crippen LogP contribution in [0.1, 0.15) is 12.6 Å². The van der Waals surface area contributed by atoms with Gasteiger partial charge in [-0.2, -0.15) is 13.2 Å². The van der Waals surface area contributed by atoms with Gasteiger partial charge in [0, 0.05) is 19.2 Å². The zero-order chi connectivity index (χ0) is 23.5. The number of halogens is 5. The van der Waals surface area contributed by atoms with Crippen molar-refractivity contribution in [1.82, 2.24) is 9.13 Å². The Morgan fingerprint density at radius 3 is 2.39 bits per heavy atom. The molecule has 0 unspecified atom stereocenters. The SMILES string of the molecule is CCO/C(=C/C(=O)O)COc1cc(-n2c(=O)cc(C(F)(F)F)n(C)c2=O)c(Cl)cc1Cl. The summed E-state index contributed by atoms with van der Waals surface area (Å²) in [5, 5.41) is 8.58. The molecular formula is C18H15Cl2F3N2O6. The van der Waals surface area contributed by atoms with Crippen molar-refractivity contribution < 1.29 is 32.5 Å². The summed E-state index contributed by atoms with van der Waals surface area (Å²) in [4.78, 5) is 35.6. The predicted octanol–water partition coefficient (Wildman–Crippen LogP) is 3.25. The van der Waals surface area contributed by atoms with Crippen molar-refractivity contribution in [3.63, 3.8) is 0 Å². The molecule has 0 aliphatic rings. The summed E-state index contributed by atoms with van der Waals surface area (Å²) in [6, 6.07) is 2.46. The van der Waals surface area contributed by atoms with Crippen molar-refractivity contribution in [1.29, 1.82) is 0 Å². The van der Waals surface area contributed by atoms with Crippen LogP contribution in [0.4, 0.5) is 13.2 Å². The molecule has 0 amide bonds. The number of aliphatic carboxylic acids is 1. The standard InChI is InChI=1S/C18H15Cl2F3N2O6/c1-3-30-9(4-16(27)28)8-31-13-6-12(10(19)5-11(13)20)25-15(26)7-14(18(21,22)23)24(2)17(25)29/h4-7H,3,8H2,1-2H3,(H,27,28)/b9-4+. The molecule has 0 aliphatic heterocycles. The molecule has 1 N–H and O–H groups in total. The average Bonchev–Trinajstić information content (AvgIpc) is 2.64. The fraction of sp³-hybridized carbons (Fsp3) is 0.278. The van der Waals surface area contributed by atoms with Crippen LogP contribution in [0.2, 0.25) is 10.0 Å². The summed E-state index contributed by atoms with van der Waals surface area (Å²) in [5.41, 5.74) is -4.27. The Balaban J connectivity index is 2.56. The quantitative estimate of drug-likeness (QED) is 0.480. The predicted molar refractivity (Wildman–Crippen MR) is 105 cm³/mol. The number of carboxylic acids is 1. The Bertz CT molecular complexity index is 1150. The highest BCUT2D eigenvalue weighted by Gasteiger charge is 2.35. The van der Waals surface area contributed by atoms with E-state index in [0.717, 1.165) is 25.3 Å². The molecule has 2 rings (SSSR count). The average molecular weight is 483 g/mol. The van der Waals surface area contributed by atoms with E-state index in [9.17, 15) is 27.6 Å². The molecule has 0 aliphatic carbocycles. The second kappa shape index (κ2) is 9.48. The normalized spacial score (nSPS) is 12.0. The molecule has 1 aromatic heterocycles. The van der Waals surface area contributed by atoms with Crippen LogP contribution in [-0.2, 0) is 22.8 Å². The van der Waals surface area contributed by atoms with Crippen molar-refractivity contribution >= 4 is 29.2 Å². The number of ether oxygens (including phenoxy) is 2. The van der Waals surface area contributed by atoms with Crippen molar-refractivity contribution in [3.8, 4) is 11.4 Å². The molecule has 0 saturated heterocycles.